The van der Waals surface area contributed by atoms with E-state index >= 15 is 0 Å². The molecule has 0 fully saturated rings. The number of nitrogens with two attached hydrogens (primary N) is 2. The normalized spacial score (nSPS) is 12.2. The number of carbonyl (C=O) groups is 1. The van der Waals surface area contributed by atoms with Crippen molar-refractivity contribution in [3.63, 3.8) is 0 Å². The number of ether oxygens (including phenoxy) is 1. The summed E-state index contributed by atoms with van der Waals surface area (Å²) in [6.45, 7) is 1.87. The highest BCUT2D eigenvalue weighted by Gasteiger charge is 2.16. The van der Waals surface area contributed by atoms with Crippen molar-refractivity contribution in [3.8, 4) is 0 Å². The lowest BCUT2D eigenvalue weighted by Crippen LogP contribution is -2.33. The summed E-state index contributed by atoms with van der Waals surface area (Å²) in [6, 6.07) is 2.79. The number of methoxy groups -OCH3 is 1. The number of anilines is 1. The summed E-state index contributed by atoms with van der Waals surface area (Å²) in [5.74, 6) is -0.453. The first-order valence-corrected chi connectivity index (χ1v) is 5.21. The van der Waals surface area contributed by atoms with Crippen molar-refractivity contribution in [1.82, 2.24) is 0 Å². The van der Waals surface area contributed by atoms with Gasteiger partial charge in [0.25, 0.3) is 0 Å². The summed E-state index contributed by atoms with van der Waals surface area (Å²) in [5.41, 5.74) is 13.7. The second-order valence-electron chi connectivity index (χ2n) is 3.63. The lowest BCUT2D eigenvalue weighted by Gasteiger charge is -2.12. The Kier molecular flexibility index (Phi) is 4.15. The number of halogens is 1. The molecule has 0 radical (unpaired) electrons. The van der Waals surface area contributed by atoms with Crippen molar-refractivity contribution in [1.29, 1.82) is 0 Å². The highest BCUT2D eigenvalue weighted by Crippen LogP contribution is 2.23. The van der Waals surface area contributed by atoms with Crippen molar-refractivity contribution in [3.05, 3.63) is 28.3 Å². The number of nitrogen functional groups attached to an aromatic ring is 1. The predicted molar refractivity (Wildman–Crippen MR) is 64.3 cm³/mol. The van der Waals surface area contributed by atoms with Gasteiger partial charge in [-0.3, -0.25) is 4.79 Å². The number of esters is 1. The molecule has 0 bridgehead atoms. The minimum atomic E-state index is -0.703. The fraction of sp³-hybridized carbons (Fsp3) is 0.364. The first-order chi connectivity index (χ1) is 7.45. The van der Waals surface area contributed by atoms with Crippen LogP contribution in [0.15, 0.2) is 12.1 Å². The third-order valence-electron chi connectivity index (χ3n) is 2.38. The van der Waals surface area contributed by atoms with Gasteiger partial charge in [0.15, 0.2) is 0 Å². The Morgan fingerprint density at radius 1 is 1.56 bits per heavy atom. The van der Waals surface area contributed by atoms with Gasteiger partial charge in [0.05, 0.1) is 7.11 Å². The van der Waals surface area contributed by atoms with Crippen LogP contribution in [-0.4, -0.2) is 19.1 Å². The van der Waals surface area contributed by atoms with Crippen molar-refractivity contribution >= 4 is 23.3 Å². The van der Waals surface area contributed by atoms with Crippen LogP contribution >= 0.6 is 11.6 Å². The van der Waals surface area contributed by atoms with Gasteiger partial charge in [-0.05, 0) is 30.5 Å². The average molecular weight is 243 g/mol. The first-order valence-electron chi connectivity index (χ1n) is 4.83. The topological polar surface area (TPSA) is 78.3 Å². The fourth-order valence-corrected chi connectivity index (χ4v) is 1.63. The molecule has 5 heteroatoms. The maximum Gasteiger partial charge on any atom is 0.322 e. The molecule has 1 atom stereocenters. The quantitative estimate of drug-likeness (QED) is 0.618. The molecule has 0 aromatic heterocycles. The molecule has 0 spiro atoms. The van der Waals surface area contributed by atoms with E-state index in [-0.39, 0.29) is 0 Å². The van der Waals surface area contributed by atoms with Crippen LogP contribution in [0.1, 0.15) is 11.1 Å². The van der Waals surface area contributed by atoms with Crippen LogP contribution in [0.2, 0.25) is 5.02 Å². The van der Waals surface area contributed by atoms with Gasteiger partial charge >= 0.3 is 5.97 Å². The summed E-state index contributed by atoms with van der Waals surface area (Å²) >= 11 is 6.01. The molecule has 1 rings (SSSR count). The maximum absolute atomic E-state index is 11.2. The summed E-state index contributed by atoms with van der Waals surface area (Å²) in [7, 11) is 1.30. The number of benzene rings is 1. The molecule has 0 unspecified atom stereocenters. The molecule has 0 amide bonds. The monoisotopic (exact) mass is 242 g/mol. The smallest absolute Gasteiger partial charge is 0.322 e. The molecule has 4 nitrogen and oxygen atoms in total. The maximum atomic E-state index is 11.2. The second kappa shape index (κ2) is 5.18. The molecule has 0 aliphatic carbocycles. The number of rotatable bonds is 3. The number of hydrogen-bond donors (Lipinski definition) is 2. The highest BCUT2D eigenvalue weighted by atomic mass is 35.5. The standard InChI is InChI=1S/C11H15ClN2O2/c1-6-3-7(8(12)5-9(6)13)4-10(14)11(15)16-2/h3,5,10H,4,13-14H2,1-2H3/t10-/m0/s1. The first kappa shape index (κ1) is 12.8. The molecule has 4 N–H and O–H groups in total. The summed E-state index contributed by atoms with van der Waals surface area (Å²) in [5, 5.41) is 0.516. The van der Waals surface area contributed by atoms with E-state index in [1.807, 2.05) is 13.0 Å². The van der Waals surface area contributed by atoms with E-state index in [1.165, 1.54) is 7.11 Å². The van der Waals surface area contributed by atoms with Crippen molar-refractivity contribution < 1.29 is 9.53 Å². The minimum Gasteiger partial charge on any atom is -0.468 e. The Labute approximate surface area is 99.5 Å². The van der Waals surface area contributed by atoms with E-state index in [1.54, 1.807) is 6.07 Å². The van der Waals surface area contributed by atoms with E-state index in [0.29, 0.717) is 17.1 Å². The van der Waals surface area contributed by atoms with Crippen molar-refractivity contribution in [2.45, 2.75) is 19.4 Å². The zero-order chi connectivity index (χ0) is 12.3. The third-order valence-corrected chi connectivity index (χ3v) is 2.73. The van der Waals surface area contributed by atoms with Crippen LogP contribution in [0.5, 0.6) is 0 Å². The van der Waals surface area contributed by atoms with Crippen LogP contribution in [0.3, 0.4) is 0 Å². The van der Waals surface area contributed by atoms with Gasteiger partial charge in [0.2, 0.25) is 0 Å². The van der Waals surface area contributed by atoms with Gasteiger partial charge < -0.3 is 16.2 Å². The molecule has 88 valence electrons. The predicted octanol–water partition coefficient (Wildman–Crippen LogP) is 1.27. The van der Waals surface area contributed by atoms with Crippen molar-refractivity contribution in [2.75, 3.05) is 12.8 Å². The highest BCUT2D eigenvalue weighted by molar-refractivity contribution is 6.31. The van der Waals surface area contributed by atoms with Crippen LogP contribution in [0.4, 0.5) is 5.69 Å². The molecule has 1 aromatic carbocycles. The van der Waals surface area contributed by atoms with E-state index in [9.17, 15) is 4.79 Å². The Morgan fingerprint density at radius 3 is 2.75 bits per heavy atom. The fourth-order valence-electron chi connectivity index (χ4n) is 1.38. The summed E-state index contributed by atoms with van der Waals surface area (Å²) in [6.07, 6.45) is 0.340. The summed E-state index contributed by atoms with van der Waals surface area (Å²) < 4.78 is 4.55. The lowest BCUT2D eigenvalue weighted by molar-refractivity contribution is -0.142. The third kappa shape index (κ3) is 2.87. The Morgan fingerprint density at radius 2 is 2.19 bits per heavy atom. The SMILES string of the molecule is COC(=O)[C@@H](N)Cc1cc(C)c(N)cc1Cl. The van der Waals surface area contributed by atoms with Crippen LogP contribution in [0, 0.1) is 6.92 Å². The van der Waals surface area contributed by atoms with Gasteiger partial charge in [-0.25, -0.2) is 0 Å². The number of hydrogen-bond acceptors (Lipinski definition) is 4. The van der Waals surface area contributed by atoms with E-state index in [2.05, 4.69) is 4.74 Å². The average Bonchev–Trinajstić information content (AvgIpc) is 2.24. The second-order valence-corrected chi connectivity index (χ2v) is 4.04. The molecular weight excluding hydrogens is 228 g/mol. The van der Waals surface area contributed by atoms with Gasteiger partial charge in [0.1, 0.15) is 6.04 Å². The Hall–Kier alpha value is -1.26. The molecule has 0 heterocycles. The van der Waals surface area contributed by atoms with Crippen LogP contribution < -0.4 is 11.5 Å². The van der Waals surface area contributed by atoms with Crippen molar-refractivity contribution in [2.24, 2.45) is 5.73 Å². The largest absolute Gasteiger partial charge is 0.468 e. The minimum absolute atomic E-state index is 0.340. The lowest BCUT2D eigenvalue weighted by atomic mass is 10.0. The van der Waals surface area contributed by atoms with E-state index in [0.717, 1.165) is 11.1 Å². The van der Waals surface area contributed by atoms with E-state index in [4.69, 9.17) is 23.1 Å². The van der Waals surface area contributed by atoms with Crippen LogP contribution in [0.25, 0.3) is 0 Å². The summed E-state index contributed by atoms with van der Waals surface area (Å²) in [4.78, 5) is 11.2. The van der Waals surface area contributed by atoms with Crippen LogP contribution in [-0.2, 0) is 16.0 Å². The molecule has 1 aromatic rings. The Bertz CT molecular complexity index is 407. The molecular formula is C11H15ClN2O2. The zero-order valence-electron chi connectivity index (χ0n) is 9.29. The van der Waals surface area contributed by atoms with Gasteiger partial charge in [-0.15, -0.1) is 0 Å². The molecule has 0 saturated heterocycles. The number of carbonyl (C=O) groups excluding carboxylic acids is 1. The molecule has 0 saturated carbocycles. The number of aryl methyl sites for hydroxylation is 1. The van der Waals surface area contributed by atoms with Gasteiger partial charge in [-0.1, -0.05) is 17.7 Å². The molecule has 16 heavy (non-hydrogen) atoms. The Balaban J connectivity index is 2.89. The molecule has 0 aliphatic heterocycles. The van der Waals surface area contributed by atoms with E-state index < -0.39 is 12.0 Å². The van der Waals surface area contributed by atoms with Gasteiger partial charge in [-0.2, -0.15) is 0 Å². The zero-order valence-corrected chi connectivity index (χ0v) is 10.0. The van der Waals surface area contributed by atoms with Gasteiger partial charge in [0, 0.05) is 10.7 Å². The molecule has 0 aliphatic rings.